The van der Waals surface area contributed by atoms with Crippen molar-refractivity contribution in [3.05, 3.63) is 65.5 Å². The fourth-order valence-corrected chi connectivity index (χ4v) is 2.63. The third-order valence-electron chi connectivity index (χ3n) is 4.31. The van der Waals surface area contributed by atoms with Gasteiger partial charge in [-0.05, 0) is 47.4 Å². The lowest BCUT2D eigenvalue weighted by Gasteiger charge is -2.19. The van der Waals surface area contributed by atoms with Crippen LogP contribution in [0.3, 0.4) is 0 Å². The van der Waals surface area contributed by atoms with Gasteiger partial charge in [0.15, 0.2) is 5.82 Å². The van der Waals surface area contributed by atoms with Crippen LogP contribution in [0.2, 0.25) is 0 Å². The van der Waals surface area contributed by atoms with E-state index >= 15 is 0 Å². The molecule has 0 radical (unpaired) electrons. The number of rotatable bonds is 5. The van der Waals surface area contributed by atoms with E-state index < -0.39 is 0 Å². The molecule has 2 aromatic carbocycles. The molecule has 6 nitrogen and oxygen atoms in total. The SMILES string of the molecule is COc1ccc(-c2n[nH]c(CNC(=O)c3ccc(C(C)(C)C)cc3)n2)cc1. The molecule has 0 fully saturated rings. The smallest absolute Gasteiger partial charge is 0.251 e. The number of carbonyl (C=O) groups excluding carboxylic acids is 1. The van der Waals surface area contributed by atoms with Gasteiger partial charge in [-0.15, -0.1) is 0 Å². The molecule has 0 unspecified atom stereocenters. The van der Waals surface area contributed by atoms with Gasteiger partial charge in [-0.2, -0.15) is 5.10 Å². The summed E-state index contributed by atoms with van der Waals surface area (Å²) in [4.78, 5) is 16.8. The van der Waals surface area contributed by atoms with Gasteiger partial charge in [-0.1, -0.05) is 32.9 Å². The monoisotopic (exact) mass is 364 g/mol. The van der Waals surface area contributed by atoms with Crippen LogP contribution >= 0.6 is 0 Å². The van der Waals surface area contributed by atoms with E-state index in [2.05, 4.69) is 41.3 Å². The number of H-pyrrole nitrogens is 1. The van der Waals surface area contributed by atoms with Crippen molar-refractivity contribution in [1.82, 2.24) is 20.5 Å². The lowest BCUT2D eigenvalue weighted by Crippen LogP contribution is -2.23. The van der Waals surface area contributed by atoms with E-state index in [4.69, 9.17) is 4.74 Å². The number of aromatic amines is 1. The third-order valence-corrected chi connectivity index (χ3v) is 4.31. The molecular formula is C21H24N4O2. The maximum atomic E-state index is 12.3. The van der Waals surface area contributed by atoms with Gasteiger partial charge >= 0.3 is 0 Å². The summed E-state index contributed by atoms with van der Waals surface area (Å²) < 4.78 is 5.15. The van der Waals surface area contributed by atoms with E-state index in [0.29, 0.717) is 17.2 Å². The van der Waals surface area contributed by atoms with Crippen LogP contribution in [0.25, 0.3) is 11.4 Å². The minimum absolute atomic E-state index is 0.0622. The molecule has 0 aliphatic rings. The average molecular weight is 364 g/mol. The predicted octanol–water partition coefficient (Wildman–Crippen LogP) is 3.71. The first kappa shape index (κ1) is 18.6. The van der Waals surface area contributed by atoms with Crippen LogP contribution in [0.15, 0.2) is 48.5 Å². The predicted molar refractivity (Wildman–Crippen MR) is 105 cm³/mol. The second-order valence-corrected chi connectivity index (χ2v) is 7.34. The van der Waals surface area contributed by atoms with Crippen molar-refractivity contribution < 1.29 is 9.53 Å². The Morgan fingerprint density at radius 2 is 1.74 bits per heavy atom. The topological polar surface area (TPSA) is 79.9 Å². The Balaban J connectivity index is 1.61. The van der Waals surface area contributed by atoms with Gasteiger partial charge in [0.25, 0.3) is 5.91 Å². The summed E-state index contributed by atoms with van der Waals surface area (Å²) in [6, 6.07) is 15.2. The van der Waals surface area contributed by atoms with Gasteiger partial charge < -0.3 is 10.1 Å². The lowest BCUT2D eigenvalue weighted by atomic mass is 9.87. The largest absolute Gasteiger partial charge is 0.497 e. The highest BCUT2D eigenvalue weighted by Crippen LogP contribution is 2.22. The second kappa shape index (κ2) is 7.61. The zero-order chi connectivity index (χ0) is 19.4. The molecule has 0 saturated carbocycles. The third kappa shape index (κ3) is 4.53. The maximum Gasteiger partial charge on any atom is 0.251 e. The molecule has 0 aliphatic carbocycles. The van der Waals surface area contributed by atoms with Crippen molar-refractivity contribution in [2.24, 2.45) is 0 Å². The van der Waals surface area contributed by atoms with Gasteiger partial charge in [-0.3, -0.25) is 9.89 Å². The van der Waals surface area contributed by atoms with Crippen LogP contribution in [0.1, 0.15) is 42.5 Å². The number of benzene rings is 2. The Bertz CT molecular complexity index is 907. The van der Waals surface area contributed by atoms with Gasteiger partial charge in [0.05, 0.1) is 13.7 Å². The van der Waals surface area contributed by atoms with Crippen LogP contribution < -0.4 is 10.1 Å². The molecule has 2 N–H and O–H groups in total. The molecule has 3 aromatic rings. The van der Waals surface area contributed by atoms with Gasteiger partial charge in [-0.25, -0.2) is 4.98 Å². The summed E-state index contributed by atoms with van der Waals surface area (Å²) in [7, 11) is 1.62. The Hall–Kier alpha value is -3.15. The standard InChI is InChI=1S/C21H24N4O2/c1-21(2,3)16-9-5-15(6-10-16)20(26)22-13-18-23-19(25-24-18)14-7-11-17(27-4)12-8-14/h5-12H,13H2,1-4H3,(H,22,26)(H,23,24,25). The highest BCUT2D eigenvalue weighted by atomic mass is 16.5. The van der Waals surface area contributed by atoms with Crippen molar-refractivity contribution in [2.75, 3.05) is 7.11 Å². The molecule has 0 spiro atoms. The number of methoxy groups -OCH3 is 1. The van der Waals surface area contributed by atoms with Crippen LogP contribution in [0.4, 0.5) is 0 Å². The zero-order valence-electron chi connectivity index (χ0n) is 16.0. The second-order valence-electron chi connectivity index (χ2n) is 7.34. The van der Waals surface area contributed by atoms with E-state index in [9.17, 15) is 4.79 Å². The van der Waals surface area contributed by atoms with Crippen molar-refractivity contribution in [3.8, 4) is 17.1 Å². The number of amides is 1. The molecule has 3 rings (SSSR count). The average Bonchev–Trinajstić information content (AvgIpc) is 3.14. The number of carbonyl (C=O) groups is 1. The fraction of sp³-hybridized carbons (Fsp3) is 0.286. The fourth-order valence-electron chi connectivity index (χ4n) is 2.63. The number of hydrogen-bond acceptors (Lipinski definition) is 4. The minimum atomic E-state index is -0.141. The number of ether oxygens (including phenoxy) is 1. The first-order valence-electron chi connectivity index (χ1n) is 8.81. The molecule has 27 heavy (non-hydrogen) atoms. The van der Waals surface area contributed by atoms with Crippen LogP contribution in [0, 0.1) is 0 Å². The molecule has 140 valence electrons. The van der Waals surface area contributed by atoms with E-state index in [1.54, 1.807) is 7.11 Å². The summed E-state index contributed by atoms with van der Waals surface area (Å²) in [5.74, 6) is 1.81. The van der Waals surface area contributed by atoms with Crippen molar-refractivity contribution in [2.45, 2.75) is 32.7 Å². The summed E-state index contributed by atoms with van der Waals surface area (Å²) in [5, 5.41) is 9.93. The van der Waals surface area contributed by atoms with Crippen molar-refractivity contribution in [1.29, 1.82) is 0 Å². The van der Waals surface area contributed by atoms with Gasteiger partial charge in [0, 0.05) is 11.1 Å². The molecule has 1 heterocycles. The number of nitrogens with zero attached hydrogens (tertiary/aromatic N) is 2. The van der Waals surface area contributed by atoms with E-state index in [0.717, 1.165) is 11.3 Å². The zero-order valence-corrected chi connectivity index (χ0v) is 16.0. The quantitative estimate of drug-likeness (QED) is 0.723. The van der Waals surface area contributed by atoms with E-state index in [1.165, 1.54) is 5.56 Å². The molecule has 6 heteroatoms. The Kier molecular flexibility index (Phi) is 5.26. The molecule has 1 amide bonds. The van der Waals surface area contributed by atoms with E-state index in [-0.39, 0.29) is 17.9 Å². The van der Waals surface area contributed by atoms with Crippen LogP contribution in [-0.2, 0) is 12.0 Å². The summed E-state index contributed by atoms with van der Waals surface area (Å²) in [5.41, 5.74) is 2.76. The van der Waals surface area contributed by atoms with E-state index in [1.807, 2.05) is 48.5 Å². The van der Waals surface area contributed by atoms with Gasteiger partial charge in [0.2, 0.25) is 0 Å². The highest BCUT2D eigenvalue weighted by molar-refractivity contribution is 5.94. The number of aromatic nitrogens is 3. The van der Waals surface area contributed by atoms with Crippen LogP contribution in [-0.4, -0.2) is 28.2 Å². The Morgan fingerprint density at radius 1 is 1.07 bits per heavy atom. The molecule has 0 aliphatic heterocycles. The maximum absolute atomic E-state index is 12.3. The molecule has 0 bridgehead atoms. The number of nitrogens with one attached hydrogen (secondary N) is 2. The molecular weight excluding hydrogens is 340 g/mol. The minimum Gasteiger partial charge on any atom is -0.497 e. The molecule has 0 saturated heterocycles. The normalized spacial score (nSPS) is 11.3. The van der Waals surface area contributed by atoms with Gasteiger partial charge in [0.1, 0.15) is 11.6 Å². The first-order chi connectivity index (χ1) is 12.9. The van der Waals surface area contributed by atoms with Crippen molar-refractivity contribution in [3.63, 3.8) is 0 Å². The van der Waals surface area contributed by atoms with Crippen LogP contribution in [0.5, 0.6) is 5.75 Å². The first-order valence-corrected chi connectivity index (χ1v) is 8.81. The summed E-state index contributed by atoms with van der Waals surface area (Å²) in [6.45, 7) is 6.72. The molecule has 1 aromatic heterocycles. The lowest BCUT2D eigenvalue weighted by molar-refractivity contribution is 0.0950. The van der Waals surface area contributed by atoms with Crippen molar-refractivity contribution >= 4 is 5.91 Å². The Labute approximate surface area is 159 Å². The number of hydrogen-bond donors (Lipinski definition) is 2. The summed E-state index contributed by atoms with van der Waals surface area (Å²) in [6.07, 6.45) is 0. The summed E-state index contributed by atoms with van der Waals surface area (Å²) >= 11 is 0. The Morgan fingerprint density at radius 3 is 2.33 bits per heavy atom. The molecule has 0 atom stereocenters. The highest BCUT2D eigenvalue weighted by Gasteiger charge is 2.14.